The van der Waals surface area contributed by atoms with Crippen molar-refractivity contribution in [1.82, 2.24) is 27.5 Å². The number of amides is 2. The summed E-state index contributed by atoms with van der Waals surface area (Å²) in [6.07, 6.45) is 6.88. The summed E-state index contributed by atoms with van der Waals surface area (Å²) in [6, 6.07) is 35.4. The minimum absolute atomic E-state index is 0.115. The standard InChI is InChI=1S/2C24H19FN4O3S/c25-18-7-8-20-21(15-29(23(20)13-18)33(31,32)19-4-2-1-3-5-19)16-6-9-22-17(12-16)14-28(27-22)11-10-24(26)30;25-18-7-8-20-21(15-29(23(20)13-18)33(31,32)19-4-2-1-3-5-19)16-6-9-22-17(12-16)14-27-28(22)11-10-24(26)30/h2*1-9,12-15H,10-11H2,(H2,26,30). The first-order valence-corrected chi connectivity index (χ1v) is 23.3. The number of benzene rings is 6. The van der Waals surface area contributed by atoms with E-state index in [9.17, 15) is 35.2 Å². The van der Waals surface area contributed by atoms with Crippen molar-refractivity contribution in [2.24, 2.45) is 11.5 Å². The van der Waals surface area contributed by atoms with Gasteiger partial charge in [-0.05, 0) is 96.1 Å². The molecule has 0 radical (unpaired) electrons. The molecule has 6 aromatic carbocycles. The van der Waals surface area contributed by atoms with Crippen molar-refractivity contribution in [3.63, 3.8) is 0 Å². The van der Waals surface area contributed by atoms with E-state index in [2.05, 4.69) is 10.2 Å². The highest BCUT2D eigenvalue weighted by Gasteiger charge is 2.24. The van der Waals surface area contributed by atoms with Gasteiger partial charge in [0.2, 0.25) is 11.8 Å². The summed E-state index contributed by atoms with van der Waals surface area (Å²) in [5.41, 5.74) is 15.3. The Balaban J connectivity index is 0.000000166. The molecule has 0 aliphatic heterocycles. The second-order valence-corrected chi connectivity index (χ2v) is 19.0. The van der Waals surface area contributed by atoms with E-state index in [-0.39, 0.29) is 33.7 Å². The SMILES string of the molecule is NC(=O)CCn1cc2cc(-c3cn(S(=O)(=O)c4ccccc4)c4cc(F)ccc34)ccc2n1.NC(=O)CCn1ncc2cc(-c3cn(S(=O)(=O)c4ccccc4)c4cc(F)ccc34)ccc21. The summed E-state index contributed by atoms with van der Waals surface area (Å²) in [6.45, 7) is 0.735. The largest absolute Gasteiger partial charge is 0.370 e. The van der Waals surface area contributed by atoms with Crippen LogP contribution in [0.1, 0.15) is 12.8 Å². The Morgan fingerprint density at radius 3 is 1.58 bits per heavy atom. The number of fused-ring (bicyclic) bond motifs is 4. The van der Waals surface area contributed by atoms with Crippen LogP contribution in [0.15, 0.2) is 168 Å². The topological polar surface area (TPSA) is 200 Å². The maximum Gasteiger partial charge on any atom is 0.268 e. The number of hydrogen-bond acceptors (Lipinski definition) is 8. The van der Waals surface area contributed by atoms with Crippen LogP contribution in [0.3, 0.4) is 0 Å². The maximum absolute atomic E-state index is 14.1. The molecule has 66 heavy (non-hydrogen) atoms. The lowest BCUT2D eigenvalue weighted by Crippen LogP contribution is -2.14. The Morgan fingerprint density at radius 1 is 0.545 bits per heavy atom. The highest BCUT2D eigenvalue weighted by Crippen LogP contribution is 2.37. The van der Waals surface area contributed by atoms with Crippen LogP contribution in [0.4, 0.5) is 8.78 Å². The van der Waals surface area contributed by atoms with Crippen LogP contribution < -0.4 is 11.5 Å². The fourth-order valence-corrected chi connectivity index (χ4v) is 10.6. The number of carbonyl (C=O) groups excluding carboxylic acids is 2. The minimum Gasteiger partial charge on any atom is -0.370 e. The molecule has 4 heterocycles. The summed E-state index contributed by atoms with van der Waals surface area (Å²) in [7, 11) is -7.87. The van der Waals surface area contributed by atoms with Crippen LogP contribution in [-0.4, -0.2) is 56.2 Å². The van der Waals surface area contributed by atoms with Crippen LogP contribution in [0.2, 0.25) is 0 Å². The first-order chi connectivity index (χ1) is 31.7. The molecule has 0 aliphatic rings. The molecule has 0 bridgehead atoms. The molecule has 0 unspecified atom stereocenters. The van der Waals surface area contributed by atoms with Crippen molar-refractivity contribution in [3.8, 4) is 22.3 Å². The van der Waals surface area contributed by atoms with E-state index in [1.807, 2.05) is 36.4 Å². The molecule has 0 spiro atoms. The van der Waals surface area contributed by atoms with Gasteiger partial charge in [-0.3, -0.25) is 19.0 Å². The zero-order chi connectivity index (χ0) is 46.3. The van der Waals surface area contributed by atoms with E-state index in [0.29, 0.717) is 35.0 Å². The zero-order valence-electron chi connectivity index (χ0n) is 34.7. The number of nitrogens with two attached hydrogens (primary N) is 2. The monoisotopic (exact) mass is 924 g/mol. The zero-order valence-corrected chi connectivity index (χ0v) is 36.3. The molecular formula is C48H38F2N8O6S2. The molecule has 0 saturated heterocycles. The second-order valence-electron chi connectivity index (χ2n) is 15.4. The van der Waals surface area contributed by atoms with Gasteiger partial charge in [0, 0.05) is 70.6 Å². The Hall–Kier alpha value is -7.96. The smallest absolute Gasteiger partial charge is 0.268 e. The van der Waals surface area contributed by atoms with Gasteiger partial charge in [0.1, 0.15) is 11.6 Å². The first kappa shape index (κ1) is 43.3. The summed E-state index contributed by atoms with van der Waals surface area (Å²) in [5, 5.41) is 11.6. The van der Waals surface area contributed by atoms with E-state index in [0.717, 1.165) is 40.9 Å². The molecule has 10 rings (SSSR count). The van der Waals surface area contributed by atoms with Crippen LogP contribution in [-0.2, 0) is 42.7 Å². The van der Waals surface area contributed by atoms with Gasteiger partial charge < -0.3 is 11.5 Å². The van der Waals surface area contributed by atoms with Crippen molar-refractivity contribution in [2.45, 2.75) is 35.7 Å². The predicted molar refractivity (Wildman–Crippen MR) is 247 cm³/mol. The second kappa shape index (κ2) is 17.2. The van der Waals surface area contributed by atoms with Gasteiger partial charge in [0.15, 0.2) is 0 Å². The van der Waals surface area contributed by atoms with Gasteiger partial charge in [-0.1, -0.05) is 48.5 Å². The highest BCUT2D eigenvalue weighted by molar-refractivity contribution is 7.90. The number of nitrogens with zero attached hydrogens (tertiary/aromatic N) is 6. The van der Waals surface area contributed by atoms with E-state index in [4.69, 9.17) is 11.5 Å². The lowest BCUT2D eigenvalue weighted by atomic mass is 10.0. The minimum atomic E-state index is -3.93. The van der Waals surface area contributed by atoms with E-state index in [1.54, 1.807) is 70.3 Å². The van der Waals surface area contributed by atoms with Crippen LogP contribution in [0.5, 0.6) is 0 Å². The number of hydrogen-bond donors (Lipinski definition) is 2. The van der Waals surface area contributed by atoms with Crippen LogP contribution in [0, 0.1) is 11.6 Å². The molecule has 0 atom stereocenters. The number of halogens is 2. The van der Waals surface area contributed by atoms with Gasteiger partial charge >= 0.3 is 0 Å². The first-order valence-electron chi connectivity index (χ1n) is 20.4. The predicted octanol–water partition coefficient (Wildman–Crippen LogP) is 7.82. The number of aryl methyl sites for hydroxylation is 2. The number of aromatic nitrogens is 6. The summed E-state index contributed by atoms with van der Waals surface area (Å²) >= 11 is 0. The average Bonchev–Trinajstić information content (AvgIpc) is 4.11. The molecule has 18 heteroatoms. The molecule has 10 aromatic rings. The highest BCUT2D eigenvalue weighted by atomic mass is 32.2. The molecule has 0 aliphatic carbocycles. The van der Waals surface area contributed by atoms with Crippen molar-refractivity contribution >= 4 is 75.5 Å². The summed E-state index contributed by atoms with van der Waals surface area (Å²) in [5.74, 6) is -1.87. The fraction of sp³-hybridized carbons (Fsp3) is 0.0833. The molecule has 332 valence electrons. The lowest BCUT2D eigenvalue weighted by Gasteiger charge is -2.07. The maximum atomic E-state index is 14.1. The summed E-state index contributed by atoms with van der Waals surface area (Å²) < 4.78 is 87.1. The van der Waals surface area contributed by atoms with Crippen molar-refractivity contribution in [3.05, 3.63) is 170 Å². The average molecular weight is 925 g/mol. The number of carbonyl (C=O) groups is 2. The quantitative estimate of drug-likeness (QED) is 0.124. The van der Waals surface area contributed by atoms with E-state index >= 15 is 0 Å². The molecule has 4 aromatic heterocycles. The Kier molecular flexibility index (Phi) is 11.3. The number of rotatable bonds is 12. The Labute approximate surface area is 376 Å². The van der Waals surface area contributed by atoms with Crippen molar-refractivity contribution in [2.75, 3.05) is 0 Å². The molecule has 4 N–H and O–H groups in total. The Morgan fingerprint density at radius 2 is 1.05 bits per heavy atom. The van der Waals surface area contributed by atoms with Crippen LogP contribution >= 0.6 is 0 Å². The molecule has 14 nitrogen and oxygen atoms in total. The van der Waals surface area contributed by atoms with E-state index < -0.39 is 43.5 Å². The van der Waals surface area contributed by atoms with Gasteiger partial charge in [0.25, 0.3) is 20.0 Å². The van der Waals surface area contributed by atoms with Gasteiger partial charge in [-0.15, -0.1) is 0 Å². The Bertz CT molecular complexity index is 3570. The van der Waals surface area contributed by atoms with E-state index in [1.165, 1.54) is 60.9 Å². The van der Waals surface area contributed by atoms with Gasteiger partial charge in [-0.2, -0.15) is 10.2 Å². The van der Waals surface area contributed by atoms with Gasteiger partial charge in [0.05, 0.1) is 44.6 Å². The van der Waals surface area contributed by atoms with Crippen molar-refractivity contribution in [1.29, 1.82) is 0 Å². The normalized spacial score (nSPS) is 11.9. The molecule has 2 amide bonds. The third-order valence-electron chi connectivity index (χ3n) is 11.0. The third-order valence-corrected chi connectivity index (χ3v) is 14.4. The third kappa shape index (κ3) is 8.30. The lowest BCUT2D eigenvalue weighted by molar-refractivity contribution is -0.119. The van der Waals surface area contributed by atoms with Crippen molar-refractivity contribution < 1.29 is 35.2 Å². The van der Waals surface area contributed by atoms with Gasteiger partial charge in [-0.25, -0.2) is 33.6 Å². The fourth-order valence-electron chi connectivity index (χ4n) is 7.84. The molecular weight excluding hydrogens is 887 g/mol. The molecule has 0 fully saturated rings. The molecule has 0 saturated carbocycles. The van der Waals surface area contributed by atoms with Crippen LogP contribution in [0.25, 0.3) is 65.9 Å². The summed E-state index contributed by atoms with van der Waals surface area (Å²) in [4.78, 5) is 22.4. The number of primary amides is 2.